The fourth-order valence-electron chi connectivity index (χ4n) is 2.83. The zero-order valence-corrected chi connectivity index (χ0v) is 10.8. The summed E-state index contributed by atoms with van der Waals surface area (Å²) in [6, 6.07) is 5.54. The van der Waals surface area contributed by atoms with Gasteiger partial charge >= 0.3 is 0 Å². The summed E-state index contributed by atoms with van der Waals surface area (Å²) in [5.41, 5.74) is 7.73. The molecule has 0 saturated heterocycles. The van der Waals surface area contributed by atoms with Gasteiger partial charge in [-0.05, 0) is 31.0 Å². The zero-order valence-electron chi connectivity index (χ0n) is 10.0. The van der Waals surface area contributed by atoms with Gasteiger partial charge in [0.05, 0.1) is 23.2 Å². The predicted molar refractivity (Wildman–Crippen MR) is 72.7 cm³/mol. The first-order valence-corrected chi connectivity index (χ1v) is 6.65. The number of halogens is 1. The number of nitrogens with two attached hydrogens (primary N) is 1. The molecule has 1 aliphatic carbocycles. The Labute approximate surface area is 110 Å². The normalized spacial score (nSPS) is 24.6. The Kier molecular flexibility index (Phi) is 2.92. The highest BCUT2D eigenvalue weighted by atomic mass is 35.5. The van der Waals surface area contributed by atoms with Gasteiger partial charge in [0.15, 0.2) is 0 Å². The Morgan fingerprint density at radius 3 is 2.89 bits per heavy atom. The molecule has 96 valence electrons. The fourth-order valence-corrected chi connectivity index (χ4v) is 2.99. The second kappa shape index (κ2) is 4.44. The number of nitrogens with zero attached hydrogens (tertiary/aromatic N) is 2. The maximum atomic E-state index is 10.2. The quantitative estimate of drug-likeness (QED) is 0.833. The average Bonchev–Trinajstić information content (AvgIpc) is 2.66. The van der Waals surface area contributed by atoms with Crippen LogP contribution in [0, 0.1) is 0 Å². The van der Waals surface area contributed by atoms with Crippen LogP contribution in [0.15, 0.2) is 18.2 Å². The van der Waals surface area contributed by atoms with Gasteiger partial charge in [0.2, 0.25) is 5.95 Å². The Hall–Kier alpha value is -1.26. The van der Waals surface area contributed by atoms with Gasteiger partial charge in [0.25, 0.3) is 0 Å². The first-order chi connectivity index (χ1) is 8.66. The number of rotatable bonds is 1. The molecule has 0 amide bonds. The fraction of sp³-hybridized carbons (Fsp3) is 0.462. The largest absolute Gasteiger partial charge is 0.391 e. The minimum Gasteiger partial charge on any atom is -0.391 e. The molecule has 0 aliphatic heterocycles. The first kappa shape index (κ1) is 11.8. The van der Waals surface area contributed by atoms with Gasteiger partial charge in [-0.1, -0.05) is 24.4 Å². The van der Waals surface area contributed by atoms with Crippen LogP contribution < -0.4 is 5.73 Å². The van der Waals surface area contributed by atoms with Gasteiger partial charge in [0, 0.05) is 5.02 Å². The number of aliphatic hydroxyl groups is 1. The summed E-state index contributed by atoms with van der Waals surface area (Å²) >= 11 is 6.03. The van der Waals surface area contributed by atoms with Crippen molar-refractivity contribution in [1.29, 1.82) is 0 Å². The number of anilines is 1. The van der Waals surface area contributed by atoms with Crippen LogP contribution in [-0.4, -0.2) is 20.8 Å². The number of benzene rings is 1. The number of aliphatic hydroxyl groups excluding tert-OH is 1. The number of hydrogen-bond donors (Lipinski definition) is 2. The van der Waals surface area contributed by atoms with Gasteiger partial charge in [0.1, 0.15) is 0 Å². The zero-order chi connectivity index (χ0) is 12.7. The number of fused-ring (bicyclic) bond motifs is 1. The van der Waals surface area contributed by atoms with E-state index >= 15 is 0 Å². The molecule has 2 aromatic rings. The van der Waals surface area contributed by atoms with Crippen molar-refractivity contribution in [3.8, 4) is 0 Å². The van der Waals surface area contributed by atoms with E-state index in [1.165, 1.54) is 0 Å². The van der Waals surface area contributed by atoms with E-state index in [2.05, 4.69) is 4.98 Å². The lowest BCUT2D eigenvalue weighted by Gasteiger charge is -2.29. The third-order valence-corrected chi connectivity index (χ3v) is 3.94. The Morgan fingerprint density at radius 2 is 2.11 bits per heavy atom. The summed E-state index contributed by atoms with van der Waals surface area (Å²) in [6.07, 6.45) is 3.59. The molecular weight excluding hydrogens is 250 g/mol. The highest BCUT2D eigenvalue weighted by Crippen LogP contribution is 2.34. The molecule has 5 heteroatoms. The van der Waals surface area contributed by atoms with Crippen LogP contribution in [-0.2, 0) is 0 Å². The van der Waals surface area contributed by atoms with Crippen molar-refractivity contribution in [2.45, 2.75) is 37.8 Å². The van der Waals surface area contributed by atoms with E-state index in [1.54, 1.807) is 6.07 Å². The number of nitrogen functional groups attached to an aromatic ring is 1. The second-order valence-corrected chi connectivity index (χ2v) is 5.33. The maximum absolute atomic E-state index is 10.2. The molecule has 2 atom stereocenters. The maximum Gasteiger partial charge on any atom is 0.201 e. The number of hydrogen-bond acceptors (Lipinski definition) is 3. The lowest BCUT2D eigenvalue weighted by atomic mass is 9.92. The summed E-state index contributed by atoms with van der Waals surface area (Å²) < 4.78 is 1.94. The Balaban J connectivity index is 2.14. The minimum absolute atomic E-state index is 0.0159. The SMILES string of the molecule is Nc1nc2ccc(Cl)cc2n1C1CCCCC1O. The molecule has 18 heavy (non-hydrogen) atoms. The molecule has 1 aromatic heterocycles. The summed E-state index contributed by atoms with van der Waals surface area (Å²) in [5, 5.41) is 10.8. The van der Waals surface area contributed by atoms with E-state index in [4.69, 9.17) is 17.3 Å². The van der Waals surface area contributed by atoms with Gasteiger partial charge in [-0.25, -0.2) is 4.98 Å². The molecular formula is C13H16ClN3O. The van der Waals surface area contributed by atoms with Crippen LogP contribution in [0.5, 0.6) is 0 Å². The van der Waals surface area contributed by atoms with Crippen LogP contribution >= 0.6 is 11.6 Å². The molecule has 1 fully saturated rings. The Morgan fingerprint density at radius 1 is 1.33 bits per heavy atom. The van der Waals surface area contributed by atoms with E-state index < -0.39 is 0 Å². The standard InChI is InChI=1S/C13H16ClN3O/c14-8-5-6-9-11(7-8)17(13(15)16-9)10-3-1-2-4-12(10)18/h5-7,10,12,18H,1-4H2,(H2,15,16). The topological polar surface area (TPSA) is 64.1 Å². The van der Waals surface area contributed by atoms with Gasteiger partial charge in [-0.2, -0.15) is 0 Å². The van der Waals surface area contributed by atoms with Crippen LogP contribution in [0.25, 0.3) is 11.0 Å². The molecule has 0 spiro atoms. The summed E-state index contributed by atoms with van der Waals surface area (Å²) in [5.74, 6) is 0.457. The van der Waals surface area contributed by atoms with Gasteiger partial charge in [-0.15, -0.1) is 0 Å². The molecule has 1 heterocycles. The smallest absolute Gasteiger partial charge is 0.201 e. The van der Waals surface area contributed by atoms with E-state index in [0.717, 1.165) is 36.7 Å². The molecule has 4 nitrogen and oxygen atoms in total. The third-order valence-electron chi connectivity index (χ3n) is 3.70. The molecule has 3 rings (SSSR count). The van der Waals surface area contributed by atoms with E-state index in [9.17, 15) is 5.11 Å². The van der Waals surface area contributed by atoms with Gasteiger partial charge in [-0.3, -0.25) is 0 Å². The van der Waals surface area contributed by atoms with Crippen molar-refractivity contribution in [2.24, 2.45) is 0 Å². The Bertz CT molecular complexity index is 581. The molecule has 1 aromatic carbocycles. The first-order valence-electron chi connectivity index (χ1n) is 6.28. The molecule has 0 radical (unpaired) electrons. The lowest BCUT2D eigenvalue weighted by Crippen LogP contribution is -2.28. The molecule has 2 unspecified atom stereocenters. The van der Waals surface area contributed by atoms with E-state index in [-0.39, 0.29) is 12.1 Å². The van der Waals surface area contributed by atoms with E-state index in [1.807, 2.05) is 16.7 Å². The molecule has 3 N–H and O–H groups in total. The van der Waals surface area contributed by atoms with Crippen molar-refractivity contribution >= 4 is 28.6 Å². The summed E-state index contributed by atoms with van der Waals surface area (Å²) in [7, 11) is 0. The van der Waals surface area contributed by atoms with Crippen molar-refractivity contribution in [3.63, 3.8) is 0 Å². The van der Waals surface area contributed by atoms with Crippen LogP contribution in [0.1, 0.15) is 31.7 Å². The molecule has 1 saturated carbocycles. The predicted octanol–water partition coefficient (Wildman–Crippen LogP) is 2.75. The van der Waals surface area contributed by atoms with Crippen LogP contribution in [0.4, 0.5) is 5.95 Å². The minimum atomic E-state index is -0.350. The van der Waals surface area contributed by atoms with Crippen LogP contribution in [0.3, 0.4) is 0 Å². The van der Waals surface area contributed by atoms with Crippen LogP contribution in [0.2, 0.25) is 5.02 Å². The van der Waals surface area contributed by atoms with Crippen molar-refractivity contribution in [1.82, 2.24) is 9.55 Å². The summed E-state index contributed by atoms with van der Waals surface area (Å²) in [6.45, 7) is 0. The van der Waals surface area contributed by atoms with Gasteiger partial charge < -0.3 is 15.4 Å². The highest BCUT2D eigenvalue weighted by Gasteiger charge is 2.27. The lowest BCUT2D eigenvalue weighted by molar-refractivity contribution is 0.0783. The summed E-state index contributed by atoms with van der Waals surface area (Å²) in [4.78, 5) is 4.33. The average molecular weight is 266 g/mol. The molecule has 1 aliphatic rings. The molecule has 0 bridgehead atoms. The second-order valence-electron chi connectivity index (χ2n) is 4.89. The highest BCUT2D eigenvalue weighted by molar-refractivity contribution is 6.31. The number of imidazole rings is 1. The monoisotopic (exact) mass is 265 g/mol. The van der Waals surface area contributed by atoms with E-state index in [0.29, 0.717) is 11.0 Å². The number of aromatic nitrogens is 2. The van der Waals surface area contributed by atoms with Crippen molar-refractivity contribution in [3.05, 3.63) is 23.2 Å². The van der Waals surface area contributed by atoms with Crippen molar-refractivity contribution in [2.75, 3.05) is 5.73 Å². The third kappa shape index (κ3) is 1.85. The van der Waals surface area contributed by atoms with Crippen molar-refractivity contribution < 1.29 is 5.11 Å².